The summed E-state index contributed by atoms with van der Waals surface area (Å²) in [6.07, 6.45) is 6.74. The molecular weight excluding hydrogens is 290 g/mol. The van der Waals surface area contributed by atoms with E-state index in [9.17, 15) is 9.59 Å². The molecule has 2 N–H and O–H groups in total. The van der Waals surface area contributed by atoms with E-state index in [0.29, 0.717) is 19.0 Å². The molecule has 1 aromatic rings. The Labute approximate surface area is 139 Å². The number of pyridine rings is 1. The fourth-order valence-corrected chi connectivity index (χ4v) is 2.30. The van der Waals surface area contributed by atoms with Crippen LogP contribution in [0.25, 0.3) is 0 Å². The molecular formula is C18H29N3O2. The van der Waals surface area contributed by atoms with Gasteiger partial charge < -0.3 is 10.6 Å². The first kappa shape index (κ1) is 19.1. The van der Waals surface area contributed by atoms with Crippen LogP contribution in [0.15, 0.2) is 24.4 Å². The summed E-state index contributed by atoms with van der Waals surface area (Å²) in [5.74, 6) is 0.369. The lowest BCUT2D eigenvalue weighted by Gasteiger charge is -2.15. The molecule has 0 spiro atoms. The Morgan fingerprint density at radius 1 is 1.13 bits per heavy atom. The molecule has 0 saturated heterocycles. The quantitative estimate of drug-likeness (QED) is 0.659. The summed E-state index contributed by atoms with van der Waals surface area (Å²) < 4.78 is 0. The minimum absolute atomic E-state index is 0.0482. The molecule has 0 bridgehead atoms. The van der Waals surface area contributed by atoms with Gasteiger partial charge in [-0.1, -0.05) is 39.2 Å². The molecule has 0 aromatic carbocycles. The van der Waals surface area contributed by atoms with Crippen LogP contribution < -0.4 is 10.6 Å². The second-order valence-corrected chi connectivity index (χ2v) is 5.82. The molecule has 5 heteroatoms. The van der Waals surface area contributed by atoms with Gasteiger partial charge in [-0.15, -0.1) is 0 Å². The van der Waals surface area contributed by atoms with Crippen LogP contribution >= 0.6 is 0 Å². The van der Waals surface area contributed by atoms with Gasteiger partial charge in [0.05, 0.1) is 12.2 Å². The molecule has 0 aliphatic heterocycles. The van der Waals surface area contributed by atoms with Crippen molar-refractivity contribution in [1.82, 2.24) is 15.6 Å². The highest BCUT2D eigenvalue weighted by molar-refractivity contribution is 5.83. The molecule has 0 unspecified atom stereocenters. The standard InChI is InChI=1S/C18H29N3O2/c1-3-5-8-15(4-2)13-20-17(22)10-11-18(23)21-14-16-9-6-7-12-19-16/h6-7,9,12,15H,3-5,8,10-11,13-14H2,1-2H3,(H,20,22)(H,21,23)/t15-/m0/s1. The summed E-state index contributed by atoms with van der Waals surface area (Å²) in [5.41, 5.74) is 0.812. The van der Waals surface area contributed by atoms with Gasteiger partial charge in [-0.25, -0.2) is 0 Å². The van der Waals surface area contributed by atoms with Crippen LogP contribution in [-0.2, 0) is 16.1 Å². The first-order chi connectivity index (χ1) is 11.2. The lowest BCUT2D eigenvalue weighted by Crippen LogP contribution is -2.31. The highest BCUT2D eigenvalue weighted by Gasteiger charge is 2.10. The number of nitrogens with one attached hydrogen (secondary N) is 2. The normalized spacial score (nSPS) is 11.7. The van der Waals surface area contributed by atoms with E-state index in [4.69, 9.17) is 0 Å². The Morgan fingerprint density at radius 2 is 1.87 bits per heavy atom. The Hall–Kier alpha value is -1.91. The lowest BCUT2D eigenvalue weighted by molar-refractivity contribution is -0.126. The van der Waals surface area contributed by atoms with Gasteiger partial charge >= 0.3 is 0 Å². The van der Waals surface area contributed by atoms with Crippen LogP contribution in [-0.4, -0.2) is 23.3 Å². The van der Waals surface area contributed by atoms with E-state index in [-0.39, 0.29) is 24.7 Å². The summed E-state index contributed by atoms with van der Waals surface area (Å²) in [4.78, 5) is 27.7. The van der Waals surface area contributed by atoms with Crippen molar-refractivity contribution < 1.29 is 9.59 Å². The molecule has 0 saturated carbocycles. The van der Waals surface area contributed by atoms with Crippen molar-refractivity contribution in [3.05, 3.63) is 30.1 Å². The fourth-order valence-electron chi connectivity index (χ4n) is 2.30. The first-order valence-electron chi connectivity index (χ1n) is 8.59. The minimum atomic E-state index is -0.121. The van der Waals surface area contributed by atoms with Crippen LogP contribution in [0, 0.1) is 5.92 Å². The second-order valence-electron chi connectivity index (χ2n) is 5.82. The second kappa shape index (κ2) is 11.6. The van der Waals surface area contributed by atoms with E-state index in [0.717, 1.165) is 18.5 Å². The number of carbonyl (C=O) groups excluding carboxylic acids is 2. The molecule has 1 heterocycles. The Bertz CT molecular complexity index is 463. The molecule has 0 aliphatic rings. The van der Waals surface area contributed by atoms with E-state index >= 15 is 0 Å². The fraction of sp³-hybridized carbons (Fsp3) is 0.611. The van der Waals surface area contributed by atoms with Crippen molar-refractivity contribution in [2.75, 3.05) is 6.54 Å². The van der Waals surface area contributed by atoms with Crippen LogP contribution in [0.3, 0.4) is 0 Å². The van der Waals surface area contributed by atoms with E-state index < -0.39 is 0 Å². The van der Waals surface area contributed by atoms with Crippen LogP contribution in [0.1, 0.15) is 58.1 Å². The number of aromatic nitrogens is 1. The molecule has 1 atom stereocenters. The molecule has 0 fully saturated rings. The smallest absolute Gasteiger partial charge is 0.220 e. The van der Waals surface area contributed by atoms with Crippen molar-refractivity contribution in [2.45, 2.75) is 58.9 Å². The van der Waals surface area contributed by atoms with Crippen molar-refractivity contribution in [3.63, 3.8) is 0 Å². The van der Waals surface area contributed by atoms with Gasteiger partial charge in [0.2, 0.25) is 11.8 Å². The van der Waals surface area contributed by atoms with Crippen LogP contribution in [0.5, 0.6) is 0 Å². The zero-order valence-electron chi connectivity index (χ0n) is 14.3. The number of amides is 2. The first-order valence-corrected chi connectivity index (χ1v) is 8.59. The zero-order chi connectivity index (χ0) is 16.9. The molecule has 1 aromatic heterocycles. The van der Waals surface area contributed by atoms with Crippen LogP contribution in [0.4, 0.5) is 0 Å². The zero-order valence-corrected chi connectivity index (χ0v) is 14.3. The maximum Gasteiger partial charge on any atom is 0.220 e. The lowest BCUT2D eigenvalue weighted by atomic mass is 9.99. The van der Waals surface area contributed by atoms with Crippen molar-refractivity contribution in [1.29, 1.82) is 0 Å². The molecule has 1 rings (SSSR count). The van der Waals surface area contributed by atoms with Gasteiger partial charge in [-0.2, -0.15) is 0 Å². The monoisotopic (exact) mass is 319 g/mol. The molecule has 23 heavy (non-hydrogen) atoms. The average molecular weight is 319 g/mol. The molecule has 0 radical (unpaired) electrons. The Morgan fingerprint density at radius 3 is 2.48 bits per heavy atom. The number of hydrogen-bond acceptors (Lipinski definition) is 3. The maximum absolute atomic E-state index is 11.8. The summed E-state index contributed by atoms with van der Waals surface area (Å²) in [7, 11) is 0. The third-order valence-electron chi connectivity index (χ3n) is 3.90. The number of hydrogen-bond donors (Lipinski definition) is 2. The Balaban J connectivity index is 2.15. The maximum atomic E-state index is 11.8. The summed E-state index contributed by atoms with van der Waals surface area (Å²) >= 11 is 0. The number of rotatable bonds is 11. The van der Waals surface area contributed by atoms with Crippen molar-refractivity contribution in [2.24, 2.45) is 5.92 Å². The summed E-state index contributed by atoms with van der Waals surface area (Å²) in [5, 5.41) is 5.72. The highest BCUT2D eigenvalue weighted by atomic mass is 16.2. The van der Waals surface area contributed by atoms with Gasteiger partial charge in [-0.05, 0) is 24.5 Å². The van der Waals surface area contributed by atoms with E-state index in [2.05, 4.69) is 29.5 Å². The van der Waals surface area contributed by atoms with Crippen molar-refractivity contribution >= 4 is 11.8 Å². The predicted molar refractivity (Wildman–Crippen MR) is 91.6 cm³/mol. The van der Waals surface area contributed by atoms with E-state index in [1.165, 1.54) is 12.8 Å². The molecule has 2 amide bonds. The Kier molecular flexibility index (Phi) is 9.68. The summed E-state index contributed by atoms with van der Waals surface area (Å²) in [6, 6.07) is 5.57. The van der Waals surface area contributed by atoms with Crippen molar-refractivity contribution in [3.8, 4) is 0 Å². The van der Waals surface area contributed by atoms with E-state index in [1.807, 2.05) is 18.2 Å². The largest absolute Gasteiger partial charge is 0.356 e. The van der Waals surface area contributed by atoms with Gasteiger partial charge in [0.1, 0.15) is 0 Å². The van der Waals surface area contributed by atoms with E-state index in [1.54, 1.807) is 6.20 Å². The average Bonchev–Trinajstić information content (AvgIpc) is 2.59. The third-order valence-corrected chi connectivity index (χ3v) is 3.90. The van der Waals surface area contributed by atoms with Gasteiger partial charge in [-0.3, -0.25) is 14.6 Å². The van der Waals surface area contributed by atoms with Gasteiger partial charge in [0, 0.05) is 25.6 Å². The molecule has 128 valence electrons. The summed E-state index contributed by atoms with van der Waals surface area (Å²) in [6.45, 7) is 5.44. The number of nitrogens with zero attached hydrogens (tertiary/aromatic N) is 1. The third kappa shape index (κ3) is 8.96. The van der Waals surface area contributed by atoms with Gasteiger partial charge in [0.15, 0.2) is 0 Å². The molecule has 0 aliphatic carbocycles. The number of carbonyl (C=O) groups is 2. The molecule has 5 nitrogen and oxygen atoms in total. The van der Waals surface area contributed by atoms with Crippen LogP contribution in [0.2, 0.25) is 0 Å². The predicted octanol–water partition coefficient (Wildman–Crippen LogP) is 2.81. The SMILES string of the molecule is CCCC[C@H](CC)CNC(=O)CCC(=O)NCc1ccccn1. The number of unbranched alkanes of at least 4 members (excludes halogenated alkanes) is 1. The topological polar surface area (TPSA) is 71.1 Å². The van der Waals surface area contributed by atoms with Gasteiger partial charge in [0.25, 0.3) is 0 Å². The minimum Gasteiger partial charge on any atom is -0.356 e. The highest BCUT2D eigenvalue weighted by Crippen LogP contribution is 2.11.